The van der Waals surface area contributed by atoms with Gasteiger partial charge in [-0.15, -0.1) is 0 Å². The molecule has 4 nitrogen and oxygen atoms in total. The van der Waals surface area contributed by atoms with Crippen LogP contribution in [0.3, 0.4) is 0 Å². The van der Waals surface area contributed by atoms with Gasteiger partial charge in [0.25, 0.3) is 0 Å². The van der Waals surface area contributed by atoms with Gasteiger partial charge in [0, 0.05) is 44.8 Å². The van der Waals surface area contributed by atoms with Gasteiger partial charge in [0.1, 0.15) is 0 Å². The van der Waals surface area contributed by atoms with Crippen molar-refractivity contribution in [1.29, 1.82) is 5.41 Å². The lowest BCUT2D eigenvalue weighted by Gasteiger charge is -2.11. The summed E-state index contributed by atoms with van der Waals surface area (Å²) in [5.74, 6) is 0. The first kappa shape index (κ1) is 15.0. The molecule has 0 aliphatic heterocycles. The van der Waals surface area contributed by atoms with Crippen molar-refractivity contribution in [3.8, 4) is 11.1 Å². The number of rotatable bonds is 5. The number of pyridine rings is 1. The zero-order valence-electron chi connectivity index (χ0n) is 12.9. The lowest BCUT2D eigenvalue weighted by molar-refractivity contribution is 1.00. The molecule has 1 aromatic carbocycles. The standard InChI is InChI=1S/C19H20N4.2H2/c20-10-16-8-15(6-7-19(16)21)17-9-18(13-22-12-17)23-11-14-4-2-1-3-5-14;;/h2,4-10,12-13,20,23H,1,3,11,21H2;2*1H. The molecule has 0 radical (unpaired) electrons. The van der Waals surface area contributed by atoms with Crippen LogP contribution in [0.15, 0.2) is 60.5 Å². The second-order valence-electron chi connectivity index (χ2n) is 5.56. The molecular formula is C19H24N4. The smallest absolute Gasteiger partial charge is 0.0535 e. The van der Waals surface area contributed by atoms with E-state index in [0.29, 0.717) is 5.69 Å². The minimum atomic E-state index is 0. The molecule has 23 heavy (non-hydrogen) atoms. The molecule has 4 heteroatoms. The highest BCUT2D eigenvalue weighted by molar-refractivity contribution is 5.87. The van der Waals surface area contributed by atoms with E-state index in [0.717, 1.165) is 41.8 Å². The van der Waals surface area contributed by atoms with Gasteiger partial charge in [0.2, 0.25) is 0 Å². The van der Waals surface area contributed by atoms with Crippen LogP contribution >= 0.6 is 0 Å². The van der Waals surface area contributed by atoms with Gasteiger partial charge in [-0.05, 0) is 42.2 Å². The van der Waals surface area contributed by atoms with Crippen LogP contribution in [0.4, 0.5) is 11.4 Å². The van der Waals surface area contributed by atoms with Crippen molar-refractivity contribution < 1.29 is 2.85 Å². The summed E-state index contributed by atoms with van der Waals surface area (Å²) in [5.41, 5.74) is 11.5. The maximum absolute atomic E-state index is 7.42. The van der Waals surface area contributed by atoms with Crippen molar-refractivity contribution in [3.63, 3.8) is 0 Å². The third kappa shape index (κ3) is 3.66. The lowest BCUT2D eigenvalue weighted by atomic mass is 10.0. The molecule has 0 fully saturated rings. The number of hydrogen-bond acceptors (Lipinski definition) is 4. The Morgan fingerprint density at radius 1 is 1.22 bits per heavy atom. The van der Waals surface area contributed by atoms with E-state index >= 15 is 0 Å². The number of nitrogens with zero attached hydrogens (tertiary/aromatic N) is 1. The van der Waals surface area contributed by atoms with Crippen LogP contribution in [0.5, 0.6) is 0 Å². The molecule has 2 aromatic rings. The highest BCUT2D eigenvalue weighted by Crippen LogP contribution is 2.24. The van der Waals surface area contributed by atoms with Gasteiger partial charge in [-0.3, -0.25) is 4.98 Å². The summed E-state index contributed by atoms with van der Waals surface area (Å²) < 4.78 is 0. The summed E-state index contributed by atoms with van der Waals surface area (Å²) in [6.45, 7) is 0.801. The number of nitrogen functional groups attached to an aromatic ring is 1. The Bertz CT molecular complexity index is 785. The average Bonchev–Trinajstić information content (AvgIpc) is 2.61. The minimum Gasteiger partial charge on any atom is -0.398 e. The number of hydrogen-bond donors (Lipinski definition) is 3. The predicted molar refractivity (Wildman–Crippen MR) is 101 cm³/mol. The van der Waals surface area contributed by atoms with Gasteiger partial charge < -0.3 is 16.5 Å². The summed E-state index contributed by atoms with van der Waals surface area (Å²) in [5, 5.41) is 10.8. The number of nitrogens with two attached hydrogens (primary N) is 1. The maximum atomic E-state index is 7.42. The van der Waals surface area contributed by atoms with E-state index in [1.807, 2.05) is 30.6 Å². The number of allylic oxidation sites excluding steroid dienone is 2. The Morgan fingerprint density at radius 3 is 2.91 bits per heavy atom. The Morgan fingerprint density at radius 2 is 2.13 bits per heavy atom. The van der Waals surface area contributed by atoms with Gasteiger partial charge in [0.15, 0.2) is 0 Å². The van der Waals surface area contributed by atoms with Crippen molar-refractivity contribution in [2.75, 3.05) is 17.6 Å². The predicted octanol–water partition coefficient (Wildman–Crippen LogP) is 4.51. The van der Waals surface area contributed by atoms with Gasteiger partial charge in [-0.25, -0.2) is 0 Å². The quantitative estimate of drug-likeness (QED) is 0.562. The van der Waals surface area contributed by atoms with Gasteiger partial charge in [-0.2, -0.15) is 0 Å². The molecule has 0 amide bonds. The van der Waals surface area contributed by atoms with Crippen LogP contribution in [0.2, 0.25) is 0 Å². The molecule has 0 saturated heterocycles. The monoisotopic (exact) mass is 308 g/mol. The van der Waals surface area contributed by atoms with Crippen molar-refractivity contribution >= 4 is 17.6 Å². The average molecular weight is 308 g/mol. The Kier molecular flexibility index (Phi) is 4.52. The molecule has 0 saturated carbocycles. The fourth-order valence-corrected chi connectivity index (χ4v) is 2.58. The van der Waals surface area contributed by atoms with Crippen LogP contribution in [-0.2, 0) is 0 Å². The molecule has 1 aliphatic rings. The van der Waals surface area contributed by atoms with Crippen molar-refractivity contribution in [2.45, 2.75) is 12.8 Å². The van der Waals surface area contributed by atoms with E-state index in [2.05, 4.69) is 34.6 Å². The summed E-state index contributed by atoms with van der Waals surface area (Å²) in [4.78, 5) is 4.31. The van der Waals surface area contributed by atoms with E-state index < -0.39 is 0 Å². The van der Waals surface area contributed by atoms with Gasteiger partial charge in [0.05, 0.1) is 5.69 Å². The Balaban J connectivity index is 0.00000156. The highest BCUT2D eigenvalue weighted by atomic mass is 14.9. The van der Waals surface area contributed by atoms with Crippen molar-refractivity contribution in [2.24, 2.45) is 0 Å². The molecule has 3 rings (SSSR count). The SMILES string of the molecule is N=Cc1cc(-c2cncc(NCC3=CCCC=C3)c2)ccc1N.[HH].[HH]. The molecule has 0 unspecified atom stereocenters. The minimum absolute atomic E-state index is 0. The molecule has 0 atom stereocenters. The van der Waals surface area contributed by atoms with Crippen molar-refractivity contribution in [3.05, 3.63) is 66.0 Å². The van der Waals surface area contributed by atoms with E-state index in [1.54, 1.807) is 0 Å². The van der Waals surface area contributed by atoms with E-state index in [9.17, 15) is 0 Å². The molecule has 1 aromatic heterocycles. The largest absolute Gasteiger partial charge is 0.398 e. The van der Waals surface area contributed by atoms with E-state index in [1.165, 1.54) is 11.8 Å². The fraction of sp³-hybridized carbons (Fsp3) is 0.158. The topological polar surface area (TPSA) is 74.8 Å². The lowest BCUT2D eigenvalue weighted by Crippen LogP contribution is -2.05. The second-order valence-corrected chi connectivity index (χ2v) is 5.56. The molecule has 1 aliphatic carbocycles. The molecule has 4 N–H and O–H groups in total. The molecule has 0 bridgehead atoms. The van der Waals surface area contributed by atoms with Gasteiger partial charge >= 0.3 is 0 Å². The third-order valence-corrected chi connectivity index (χ3v) is 3.88. The number of anilines is 2. The normalized spacial score (nSPS) is 13.5. The summed E-state index contributed by atoms with van der Waals surface area (Å²) >= 11 is 0. The first-order valence-corrected chi connectivity index (χ1v) is 7.71. The number of aromatic nitrogens is 1. The first-order chi connectivity index (χ1) is 11.3. The summed E-state index contributed by atoms with van der Waals surface area (Å²) in [6.07, 6.45) is 13.8. The second kappa shape index (κ2) is 6.92. The van der Waals surface area contributed by atoms with E-state index in [-0.39, 0.29) is 2.85 Å². The summed E-state index contributed by atoms with van der Waals surface area (Å²) in [6, 6.07) is 7.76. The fourth-order valence-electron chi connectivity index (χ4n) is 2.58. The zero-order chi connectivity index (χ0) is 16.1. The maximum Gasteiger partial charge on any atom is 0.0535 e. The van der Waals surface area contributed by atoms with Crippen LogP contribution < -0.4 is 11.1 Å². The first-order valence-electron chi connectivity index (χ1n) is 7.71. The van der Waals surface area contributed by atoms with Crippen LogP contribution in [-0.4, -0.2) is 17.7 Å². The Hall–Kier alpha value is -2.88. The Labute approximate surface area is 139 Å². The van der Waals surface area contributed by atoms with Crippen LogP contribution in [0.25, 0.3) is 11.1 Å². The summed E-state index contributed by atoms with van der Waals surface area (Å²) in [7, 11) is 0. The van der Waals surface area contributed by atoms with Crippen LogP contribution in [0, 0.1) is 5.41 Å². The molecule has 1 heterocycles. The molecule has 120 valence electrons. The van der Waals surface area contributed by atoms with E-state index in [4.69, 9.17) is 11.1 Å². The van der Waals surface area contributed by atoms with Gasteiger partial charge in [-0.1, -0.05) is 24.3 Å². The molecular weight excluding hydrogens is 284 g/mol. The van der Waals surface area contributed by atoms with Crippen LogP contribution in [0.1, 0.15) is 21.3 Å². The zero-order valence-corrected chi connectivity index (χ0v) is 12.9. The third-order valence-electron chi connectivity index (χ3n) is 3.88. The molecule has 0 spiro atoms. The highest BCUT2D eigenvalue weighted by Gasteiger charge is 2.04. The number of benzene rings is 1. The number of nitrogens with one attached hydrogen (secondary N) is 2. The van der Waals surface area contributed by atoms with Crippen molar-refractivity contribution in [1.82, 2.24) is 4.98 Å².